The number of aryl methyl sites for hydroxylation is 1. The number of amides is 1. The summed E-state index contributed by atoms with van der Waals surface area (Å²) in [5.41, 5.74) is 2.54. The Hall–Kier alpha value is -1.83. The summed E-state index contributed by atoms with van der Waals surface area (Å²) in [6, 6.07) is 16.9. The Morgan fingerprint density at radius 2 is 1.97 bits per heavy atom. The highest BCUT2D eigenvalue weighted by Gasteiger charge is 2.33. The maximum Gasteiger partial charge on any atom is 0.243 e. The van der Waals surface area contributed by atoms with Crippen LogP contribution in [0, 0.1) is 12.8 Å². The van der Waals surface area contributed by atoms with Gasteiger partial charge in [-0.3, -0.25) is 4.79 Å². The van der Waals surface area contributed by atoms with Crippen molar-refractivity contribution in [1.29, 1.82) is 0 Å². The number of thioether (sulfide) groups is 1. The highest BCUT2D eigenvalue weighted by Crippen LogP contribution is 2.23. The standard InChI is InChI=1S/C22H28N2O3S2/c1-18-7-5-8-19(15-18)17-28-14-12-23-22(25)20-9-6-13-24(16-20)29(26,27)21-10-3-2-4-11-21/h2-5,7-8,10-11,15,20H,6,9,12-14,16-17H2,1H3,(H,23,25). The zero-order valence-electron chi connectivity index (χ0n) is 16.7. The Kier molecular flexibility index (Phi) is 7.75. The third-order valence-corrected chi connectivity index (χ3v) is 7.94. The highest BCUT2D eigenvalue weighted by atomic mass is 32.2. The molecule has 0 aliphatic carbocycles. The minimum atomic E-state index is -3.54. The normalized spacial score (nSPS) is 17.8. The van der Waals surface area contributed by atoms with Crippen LogP contribution in [0.15, 0.2) is 59.5 Å². The van der Waals surface area contributed by atoms with E-state index < -0.39 is 10.0 Å². The summed E-state index contributed by atoms with van der Waals surface area (Å²) in [5, 5.41) is 2.98. The monoisotopic (exact) mass is 432 g/mol. The molecule has 2 aromatic carbocycles. The average molecular weight is 433 g/mol. The Morgan fingerprint density at radius 3 is 2.72 bits per heavy atom. The van der Waals surface area contributed by atoms with Crippen LogP contribution < -0.4 is 5.32 Å². The van der Waals surface area contributed by atoms with Crippen LogP contribution in [0.4, 0.5) is 0 Å². The largest absolute Gasteiger partial charge is 0.355 e. The van der Waals surface area contributed by atoms with E-state index in [4.69, 9.17) is 0 Å². The first kappa shape index (κ1) is 21.9. The third kappa shape index (κ3) is 6.07. The molecule has 1 amide bonds. The van der Waals surface area contributed by atoms with E-state index in [9.17, 15) is 13.2 Å². The molecular weight excluding hydrogens is 404 g/mol. The zero-order valence-corrected chi connectivity index (χ0v) is 18.3. The quantitative estimate of drug-likeness (QED) is 0.649. The lowest BCUT2D eigenvalue weighted by atomic mass is 9.99. The number of hydrogen-bond acceptors (Lipinski definition) is 4. The summed E-state index contributed by atoms with van der Waals surface area (Å²) in [6.45, 7) is 3.39. The smallest absolute Gasteiger partial charge is 0.243 e. The van der Waals surface area contributed by atoms with Crippen LogP contribution in [-0.4, -0.2) is 44.0 Å². The van der Waals surface area contributed by atoms with Gasteiger partial charge in [0.05, 0.1) is 10.8 Å². The van der Waals surface area contributed by atoms with Crippen LogP contribution in [0.2, 0.25) is 0 Å². The molecule has 5 nitrogen and oxygen atoms in total. The molecule has 3 rings (SSSR count). The first-order valence-electron chi connectivity index (χ1n) is 9.93. The molecule has 1 N–H and O–H groups in total. The molecule has 1 aliphatic rings. The highest BCUT2D eigenvalue weighted by molar-refractivity contribution is 7.98. The fourth-order valence-electron chi connectivity index (χ4n) is 3.50. The first-order valence-corrected chi connectivity index (χ1v) is 12.5. The van der Waals surface area contributed by atoms with Gasteiger partial charge in [-0.1, -0.05) is 48.0 Å². The number of rotatable bonds is 8. The lowest BCUT2D eigenvalue weighted by molar-refractivity contribution is -0.125. The first-order chi connectivity index (χ1) is 14.0. The molecule has 7 heteroatoms. The van der Waals surface area contributed by atoms with Crippen LogP contribution in [0.5, 0.6) is 0 Å². The van der Waals surface area contributed by atoms with Gasteiger partial charge in [0.25, 0.3) is 0 Å². The number of nitrogens with zero attached hydrogens (tertiary/aromatic N) is 1. The molecule has 1 fully saturated rings. The van der Waals surface area contributed by atoms with Gasteiger partial charge in [0.1, 0.15) is 0 Å². The summed E-state index contributed by atoms with van der Waals surface area (Å²) in [7, 11) is -3.54. The van der Waals surface area contributed by atoms with Crippen LogP contribution in [-0.2, 0) is 20.6 Å². The Morgan fingerprint density at radius 1 is 1.17 bits per heavy atom. The van der Waals surface area contributed by atoms with E-state index in [0.717, 1.165) is 17.9 Å². The van der Waals surface area contributed by atoms with Gasteiger partial charge in [-0.15, -0.1) is 0 Å². The summed E-state index contributed by atoms with van der Waals surface area (Å²) < 4.78 is 27.1. The number of sulfonamides is 1. The number of hydrogen-bond donors (Lipinski definition) is 1. The van der Waals surface area contributed by atoms with Crippen molar-refractivity contribution < 1.29 is 13.2 Å². The van der Waals surface area contributed by atoms with Crippen LogP contribution in [0.3, 0.4) is 0 Å². The third-order valence-electron chi connectivity index (χ3n) is 5.03. The van der Waals surface area contributed by atoms with Crippen LogP contribution in [0.1, 0.15) is 24.0 Å². The Labute approximate surface area is 177 Å². The minimum Gasteiger partial charge on any atom is -0.355 e. The molecule has 29 heavy (non-hydrogen) atoms. The van der Waals surface area contributed by atoms with Crippen molar-refractivity contribution in [1.82, 2.24) is 9.62 Å². The molecule has 0 aromatic heterocycles. The summed E-state index contributed by atoms with van der Waals surface area (Å²) in [6.07, 6.45) is 1.43. The van der Waals surface area contributed by atoms with E-state index in [2.05, 4.69) is 36.5 Å². The Balaban J connectivity index is 1.45. The van der Waals surface area contributed by atoms with Crippen molar-refractivity contribution in [2.24, 2.45) is 5.92 Å². The van der Waals surface area contributed by atoms with Gasteiger partial charge < -0.3 is 5.32 Å². The van der Waals surface area contributed by atoms with E-state index >= 15 is 0 Å². The SMILES string of the molecule is Cc1cccc(CSCCNC(=O)C2CCCN(S(=O)(=O)c3ccccc3)C2)c1. The van der Waals surface area contributed by atoms with Gasteiger partial charge in [-0.25, -0.2) is 8.42 Å². The molecule has 1 atom stereocenters. The van der Waals surface area contributed by atoms with Crippen LogP contribution in [0.25, 0.3) is 0 Å². The van der Waals surface area contributed by atoms with Crippen molar-refractivity contribution in [3.8, 4) is 0 Å². The van der Waals surface area contributed by atoms with Gasteiger partial charge in [0, 0.05) is 31.1 Å². The van der Waals surface area contributed by atoms with Gasteiger partial charge >= 0.3 is 0 Å². The molecule has 1 aliphatic heterocycles. The second-order valence-corrected chi connectivity index (χ2v) is 10.4. The second kappa shape index (κ2) is 10.3. The van der Waals surface area contributed by atoms with Gasteiger partial charge in [0.15, 0.2) is 0 Å². The topological polar surface area (TPSA) is 66.5 Å². The van der Waals surface area contributed by atoms with E-state index in [1.165, 1.54) is 15.4 Å². The predicted octanol–water partition coefficient (Wildman–Crippen LogP) is 3.45. The molecule has 156 valence electrons. The molecule has 0 radical (unpaired) electrons. The van der Waals surface area contributed by atoms with E-state index in [1.54, 1.807) is 42.1 Å². The molecule has 1 heterocycles. The zero-order chi connectivity index (χ0) is 20.7. The summed E-state index contributed by atoms with van der Waals surface area (Å²) in [4.78, 5) is 12.8. The molecule has 0 bridgehead atoms. The fraction of sp³-hybridized carbons (Fsp3) is 0.409. The van der Waals surface area contributed by atoms with Crippen molar-refractivity contribution in [2.45, 2.75) is 30.4 Å². The van der Waals surface area contributed by atoms with Gasteiger partial charge in [0.2, 0.25) is 15.9 Å². The maximum atomic E-state index is 12.8. The molecule has 1 unspecified atom stereocenters. The lowest BCUT2D eigenvalue weighted by Crippen LogP contribution is -2.45. The summed E-state index contributed by atoms with van der Waals surface area (Å²) >= 11 is 1.78. The predicted molar refractivity (Wildman–Crippen MR) is 118 cm³/mol. The van der Waals surface area contributed by atoms with Crippen molar-refractivity contribution in [2.75, 3.05) is 25.4 Å². The molecule has 0 saturated carbocycles. The Bertz CT molecular complexity index is 917. The molecular formula is C22H28N2O3S2. The molecule has 2 aromatic rings. The second-order valence-electron chi connectivity index (χ2n) is 7.35. The number of carbonyl (C=O) groups is 1. The number of benzene rings is 2. The van der Waals surface area contributed by atoms with Gasteiger partial charge in [-0.2, -0.15) is 16.1 Å². The minimum absolute atomic E-state index is 0.0471. The van der Waals surface area contributed by atoms with E-state index in [1.807, 2.05) is 0 Å². The number of piperidine rings is 1. The molecule has 1 saturated heterocycles. The fourth-order valence-corrected chi connectivity index (χ4v) is 5.85. The van der Waals surface area contributed by atoms with Crippen molar-refractivity contribution in [3.63, 3.8) is 0 Å². The van der Waals surface area contributed by atoms with Crippen molar-refractivity contribution in [3.05, 3.63) is 65.7 Å². The van der Waals surface area contributed by atoms with E-state index in [0.29, 0.717) is 19.5 Å². The van der Waals surface area contributed by atoms with Crippen molar-refractivity contribution >= 4 is 27.7 Å². The van der Waals surface area contributed by atoms with Crippen LogP contribution >= 0.6 is 11.8 Å². The number of carbonyl (C=O) groups excluding carboxylic acids is 1. The molecule has 0 spiro atoms. The van der Waals surface area contributed by atoms with Gasteiger partial charge in [-0.05, 0) is 37.5 Å². The lowest BCUT2D eigenvalue weighted by Gasteiger charge is -2.31. The number of nitrogens with one attached hydrogen (secondary N) is 1. The van der Waals surface area contributed by atoms with E-state index in [-0.39, 0.29) is 23.3 Å². The summed E-state index contributed by atoms with van der Waals surface area (Å²) in [5.74, 6) is 1.42. The maximum absolute atomic E-state index is 12.8. The average Bonchev–Trinajstić information content (AvgIpc) is 2.74.